The van der Waals surface area contributed by atoms with Crippen LogP contribution in [0.5, 0.6) is 5.75 Å². The number of rotatable bonds is 2. The third-order valence-electron chi connectivity index (χ3n) is 2.79. The van der Waals surface area contributed by atoms with E-state index in [2.05, 4.69) is 18.0 Å². The van der Waals surface area contributed by atoms with Gasteiger partial charge in [-0.3, -0.25) is 4.99 Å². The summed E-state index contributed by atoms with van der Waals surface area (Å²) in [4.78, 5) is 4.51. The molecule has 0 amide bonds. The van der Waals surface area contributed by atoms with E-state index in [0.717, 1.165) is 24.9 Å². The summed E-state index contributed by atoms with van der Waals surface area (Å²) < 4.78 is 0. The van der Waals surface area contributed by atoms with Gasteiger partial charge in [-0.2, -0.15) is 0 Å². The molecule has 1 fully saturated rings. The summed E-state index contributed by atoms with van der Waals surface area (Å²) >= 11 is 0. The van der Waals surface area contributed by atoms with Crippen molar-refractivity contribution < 1.29 is 5.11 Å². The Morgan fingerprint density at radius 1 is 1.28 bits per heavy atom. The lowest BCUT2D eigenvalue weighted by atomic mass is 10.1. The van der Waals surface area contributed by atoms with Crippen LogP contribution in [0.3, 0.4) is 0 Å². The Morgan fingerprint density at radius 2 is 2.06 bits per heavy atom. The van der Waals surface area contributed by atoms with Gasteiger partial charge in [-0.25, -0.2) is 0 Å². The van der Waals surface area contributed by atoms with E-state index in [4.69, 9.17) is 0 Å². The Labute approximate surface area is 110 Å². The van der Waals surface area contributed by atoms with Crippen LogP contribution >= 0.6 is 0 Å². The van der Waals surface area contributed by atoms with Gasteiger partial charge < -0.3 is 5.11 Å². The van der Waals surface area contributed by atoms with Crippen molar-refractivity contribution in [1.82, 2.24) is 0 Å². The van der Waals surface area contributed by atoms with Crippen LogP contribution in [0.15, 0.2) is 34.8 Å². The third-order valence-corrected chi connectivity index (χ3v) is 2.79. The van der Waals surface area contributed by atoms with Crippen LogP contribution < -0.4 is 0 Å². The molecule has 0 bridgehead atoms. The fourth-order valence-electron chi connectivity index (χ4n) is 2.09. The van der Waals surface area contributed by atoms with Crippen LogP contribution in [-0.4, -0.2) is 17.4 Å². The van der Waals surface area contributed by atoms with Gasteiger partial charge in [0.05, 0.1) is 0 Å². The van der Waals surface area contributed by atoms with Gasteiger partial charge in [0.1, 0.15) is 5.75 Å². The van der Waals surface area contributed by atoms with Gasteiger partial charge in [0.15, 0.2) is 0 Å². The maximum absolute atomic E-state index is 9.40. The molecule has 0 heterocycles. The number of allylic oxidation sites excluding steroid dienone is 1. The molecule has 1 aliphatic rings. The van der Waals surface area contributed by atoms with Crippen LogP contribution in [0.25, 0.3) is 6.08 Å². The molecule has 1 N–H and O–H groups in total. The van der Waals surface area contributed by atoms with Crippen molar-refractivity contribution in [1.29, 1.82) is 0 Å². The molecule has 2 nitrogen and oxygen atoms in total. The van der Waals surface area contributed by atoms with Gasteiger partial charge in [0.2, 0.25) is 0 Å². The fourth-order valence-corrected chi connectivity index (χ4v) is 2.09. The molecule has 2 rings (SSSR count). The van der Waals surface area contributed by atoms with E-state index in [1.54, 1.807) is 12.1 Å². The number of phenols is 1. The molecule has 0 unspecified atom stereocenters. The second-order valence-electron chi connectivity index (χ2n) is 4.04. The van der Waals surface area contributed by atoms with E-state index in [0.29, 0.717) is 5.75 Å². The largest absolute Gasteiger partial charge is 0.508 e. The standard InChI is InChI=1S/C14H17NO.C2H6/c1-2-15-14-8-4-6-12(14)9-11-5-3-7-13(16)10-11;1-2/h3,5,7,9-10,16H,2,4,6,8H2,1H3;1-2H3/b12-9-,15-14?;. The minimum absolute atomic E-state index is 0.321. The minimum atomic E-state index is 0.321. The minimum Gasteiger partial charge on any atom is -0.508 e. The smallest absolute Gasteiger partial charge is 0.116 e. The molecule has 0 atom stereocenters. The molecule has 2 heteroatoms. The second kappa shape index (κ2) is 7.70. The lowest BCUT2D eigenvalue weighted by Gasteiger charge is -2.01. The van der Waals surface area contributed by atoms with Crippen molar-refractivity contribution in [3.8, 4) is 5.75 Å². The number of hydrogen-bond acceptors (Lipinski definition) is 2. The Balaban J connectivity index is 0.000000771. The maximum Gasteiger partial charge on any atom is 0.116 e. The van der Waals surface area contributed by atoms with Crippen molar-refractivity contribution in [2.24, 2.45) is 4.99 Å². The molecular weight excluding hydrogens is 222 g/mol. The van der Waals surface area contributed by atoms with Gasteiger partial charge in [-0.05, 0) is 55.5 Å². The summed E-state index contributed by atoms with van der Waals surface area (Å²) in [6.07, 6.45) is 5.54. The average molecular weight is 245 g/mol. The first kappa shape index (κ1) is 14.5. The Kier molecular flexibility index (Phi) is 6.20. The van der Waals surface area contributed by atoms with Crippen molar-refractivity contribution in [3.63, 3.8) is 0 Å². The van der Waals surface area contributed by atoms with E-state index < -0.39 is 0 Å². The molecule has 0 saturated heterocycles. The van der Waals surface area contributed by atoms with Crippen molar-refractivity contribution in [2.75, 3.05) is 6.54 Å². The summed E-state index contributed by atoms with van der Waals surface area (Å²) in [6, 6.07) is 7.36. The van der Waals surface area contributed by atoms with Gasteiger partial charge in [0.25, 0.3) is 0 Å². The maximum atomic E-state index is 9.40. The Hall–Kier alpha value is -1.57. The third kappa shape index (κ3) is 4.02. The van der Waals surface area contributed by atoms with E-state index >= 15 is 0 Å². The highest BCUT2D eigenvalue weighted by Crippen LogP contribution is 2.25. The van der Waals surface area contributed by atoms with Crippen LogP contribution in [0.2, 0.25) is 0 Å². The number of hydrogen-bond donors (Lipinski definition) is 1. The van der Waals surface area contributed by atoms with Crippen LogP contribution in [-0.2, 0) is 0 Å². The number of aromatic hydroxyl groups is 1. The first-order chi connectivity index (χ1) is 8.79. The average Bonchev–Trinajstić information content (AvgIpc) is 2.80. The normalized spacial score (nSPS) is 18.8. The number of nitrogens with zero attached hydrogens (tertiary/aromatic N) is 1. The van der Waals surface area contributed by atoms with E-state index in [-0.39, 0.29) is 0 Å². The summed E-state index contributed by atoms with van der Waals surface area (Å²) in [6.45, 7) is 6.92. The zero-order chi connectivity index (χ0) is 13.4. The monoisotopic (exact) mass is 245 g/mol. The first-order valence-electron chi connectivity index (χ1n) is 6.83. The molecule has 1 saturated carbocycles. The Morgan fingerprint density at radius 3 is 2.72 bits per heavy atom. The molecule has 0 aliphatic heterocycles. The fraction of sp³-hybridized carbons (Fsp3) is 0.438. The van der Waals surface area contributed by atoms with Crippen LogP contribution in [0.1, 0.15) is 45.6 Å². The van der Waals surface area contributed by atoms with Crippen LogP contribution in [0.4, 0.5) is 0 Å². The molecule has 18 heavy (non-hydrogen) atoms. The van der Waals surface area contributed by atoms with Gasteiger partial charge in [0, 0.05) is 12.3 Å². The summed E-state index contributed by atoms with van der Waals surface area (Å²) in [7, 11) is 0. The van der Waals surface area contributed by atoms with E-state index in [1.165, 1.54) is 17.7 Å². The molecular formula is C16H23NO. The molecule has 0 aromatic heterocycles. The zero-order valence-electron chi connectivity index (χ0n) is 11.6. The predicted octanol–water partition coefficient (Wildman–Crippen LogP) is 4.45. The number of benzene rings is 1. The second-order valence-corrected chi connectivity index (χ2v) is 4.04. The highest BCUT2D eigenvalue weighted by Gasteiger charge is 2.14. The molecule has 0 spiro atoms. The molecule has 1 aromatic carbocycles. The summed E-state index contributed by atoms with van der Waals surface area (Å²) in [5.41, 5.74) is 3.62. The Bertz CT molecular complexity index is 432. The molecule has 1 aromatic rings. The SMILES string of the molecule is CC.CCN=C1CCC/C1=C/c1cccc(O)c1. The summed E-state index contributed by atoms with van der Waals surface area (Å²) in [5.74, 6) is 0.321. The lowest BCUT2D eigenvalue weighted by molar-refractivity contribution is 0.475. The van der Waals surface area contributed by atoms with Crippen molar-refractivity contribution in [3.05, 3.63) is 35.4 Å². The number of phenolic OH excluding ortho intramolecular Hbond substituents is 1. The molecule has 98 valence electrons. The highest BCUT2D eigenvalue weighted by molar-refractivity contribution is 6.05. The topological polar surface area (TPSA) is 32.6 Å². The quantitative estimate of drug-likeness (QED) is 0.820. The van der Waals surface area contributed by atoms with E-state index in [9.17, 15) is 5.11 Å². The zero-order valence-corrected chi connectivity index (χ0v) is 11.6. The van der Waals surface area contributed by atoms with Gasteiger partial charge in [-0.15, -0.1) is 0 Å². The molecule has 1 aliphatic carbocycles. The predicted molar refractivity (Wildman–Crippen MR) is 79.3 cm³/mol. The number of aliphatic imine (C=N–C) groups is 1. The highest BCUT2D eigenvalue weighted by atomic mass is 16.3. The first-order valence-corrected chi connectivity index (χ1v) is 6.83. The van der Waals surface area contributed by atoms with Gasteiger partial charge in [-0.1, -0.05) is 26.0 Å². The van der Waals surface area contributed by atoms with Crippen LogP contribution in [0, 0.1) is 0 Å². The van der Waals surface area contributed by atoms with Crippen molar-refractivity contribution >= 4 is 11.8 Å². The lowest BCUT2D eigenvalue weighted by Crippen LogP contribution is -1.94. The summed E-state index contributed by atoms with van der Waals surface area (Å²) in [5, 5.41) is 9.40. The van der Waals surface area contributed by atoms with Crippen molar-refractivity contribution in [2.45, 2.75) is 40.0 Å². The van der Waals surface area contributed by atoms with E-state index in [1.807, 2.05) is 26.0 Å². The molecule has 0 radical (unpaired) electrons. The van der Waals surface area contributed by atoms with Gasteiger partial charge >= 0.3 is 0 Å².